The van der Waals surface area contributed by atoms with E-state index in [1.807, 2.05) is 0 Å². The first-order chi connectivity index (χ1) is 15.9. The molecule has 1 unspecified atom stereocenters. The van der Waals surface area contributed by atoms with E-state index in [9.17, 15) is 14.7 Å². The number of aliphatic hydroxyl groups is 1. The molecule has 0 aliphatic carbocycles. The van der Waals surface area contributed by atoms with E-state index in [-0.39, 0.29) is 22.9 Å². The summed E-state index contributed by atoms with van der Waals surface area (Å²) in [4.78, 5) is 31.9. The molecule has 1 aromatic heterocycles. The van der Waals surface area contributed by atoms with Crippen LogP contribution in [-0.2, 0) is 16.1 Å². The van der Waals surface area contributed by atoms with Gasteiger partial charge in [-0.3, -0.25) is 14.6 Å². The average Bonchev–Trinajstić information content (AvgIpc) is 3.09. The fourth-order valence-electron chi connectivity index (χ4n) is 3.84. The highest BCUT2D eigenvalue weighted by Crippen LogP contribution is 2.41. The van der Waals surface area contributed by atoms with Crippen LogP contribution < -0.4 is 9.47 Å². The summed E-state index contributed by atoms with van der Waals surface area (Å²) < 4.78 is 10.5. The SMILES string of the molecule is COc1cccc(C2/C(=C(/O)c3ccc(OC)c(Cl)c3)C(=O)C(=O)N2Cc2ccccn2)c1. The molecule has 1 aliphatic rings. The summed E-state index contributed by atoms with van der Waals surface area (Å²) in [6.07, 6.45) is 1.62. The zero-order valence-corrected chi connectivity index (χ0v) is 18.7. The predicted octanol–water partition coefficient (Wildman–Crippen LogP) is 4.37. The molecule has 1 atom stereocenters. The molecule has 0 radical (unpaired) electrons. The number of rotatable bonds is 6. The van der Waals surface area contributed by atoms with Crippen molar-refractivity contribution in [2.24, 2.45) is 0 Å². The number of amides is 1. The maximum atomic E-state index is 13.1. The summed E-state index contributed by atoms with van der Waals surface area (Å²) in [6, 6.07) is 16.2. The minimum atomic E-state index is -0.844. The first-order valence-corrected chi connectivity index (χ1v) is 10.5. The lowest BCUT2D eigenvalue weighted by Gasteiger charge is -2.25. The highest BCUT2D eigenvalue weighted by molar-refractivity contribution is 6.46. The third-order valence-corrected chi connectivity index (χ3v) is 5.73. The van der Waals surface area contributed by atoms with Gasteiger partial charge in [-0.2, -0.15) is 0 Å². The monoisotopic (exact) mass is 464 g/mol. The van der Waals surface area contributed by atoms with E-state index in [4.69, 9.17) is 21.1 Å². The van der Waals surface area contributed by atoms with E-state index < -0.39 is 17.7 Å². The number of ether oxygens (including phenoxy) is 2. The minimum absolute atomic E-state index is 0.0367. The zero-order chi connectivity index (χ0) is 23.5. The topological polar surface area (TPSA) is 89.0 Å². The van der Waals surface area contributed by atoms with Crippen LogP contribution in [-0.4, -0.2) is 40.9 Å². The number of aromatic nitrogens is 1. The van der Waals surface area contributed by atoms with Crippen molar-refractivity contribution in [2.75, 3.05) is 14.2 Å². The van der Waals surface area contributed by atoms with Gasteiger partial charge in [0, 0.05) is 11.8 Å². The maximum absolute atomic E-state index is 13.1. The number of hydrogen-bond acceptors (Lipinski definition) is 6. The van der Waals surface area contributed by atoms with Crippen molar-refractivity contribution in [3.05, 3.63) is 94.3 Å². The Hall–Kier alpha value is -3.84. The van der Waals surface area contributed by atoms with Gasteiger partial charge in [-0.15, -0.1) is 0 Å². The van der Waals surface area contributed by atoms with Crippen LogP contribution in [0.2, 0.25) is 5.02 Å². The summed E-state index contributed by atoms with van der Waals surface area (Å²) in [7, 11) is 3.01. The Morgan fingerprint density at radius 1 is 1.06 bits per heavy atom. The molecule has 1 saturated heterocycles. The molecule has 1 N–H and O–H groups in total. The van der Waals surface area contributed by atoms with Gasteiger partial charge in [0.2, 0.25) is 0 Å². The Balaban J connectivity index is 1.88. The van der Waals surface area contributed by atoms with Gasteiger partial charge in [-0.1, -0.05) is 29.8 Å². The van der Waals surface area contributed by atoms with E-state index in [0.717, 1.165) is 0 Å². The van der Waals surface area contributed by atoms with Gasteiger partial charge in [-0.25, -0.2) is 0 Å². The summed E-state index contributed by atoms with van der Waals surface area (Å²) in [6.45, 7) is 0.0907. The lowest BCUT2D eigenvalue weighted by atomic mass is 9.95. The van der Waals surface area contributed by atoms with Crippen LogP contribution in [0.1, 0.15) is 22.9 Å². The van der Waals surface area contributed by atoms with E-state index >= 15 is 0 Å². The highest BCUT2D eigenvalue weighted by atomic mass is 35.5. The number of pyridine rings is 1. The molecule has 1 fully saturated rings. The number of carbonyl (C=O) groups excluding carboxylic acids is 2. The molecule has 4 rings (SSSR count). The minimum Gasteiger partial charge on any atom is -0.507 e. The van der Waals surface area contributed by atoms with Crippen molar-refractivity contribution in [1.29, 1.82) is 0 Å². The standard InChI is InChI=1S/C25H21ClN2O5/c1-32-18-8-5-6-15(12-18)22-21(23(29)16-9-10-20(33-2)19(26)13-16)24(30)25(31)28(22)14-17-7-3-4-11-27-17/h3-13,22,29H,14H2,1-2H3/b23-21-. The van der Waals surface area contributed by atoms with Gasteiger partial charge < -0.3 is 19.5 Å². The number of aliphatic hydroxyl groups excluding tert-OH is 1. The second-order valence-electron chi connectivity index (χ2n) is 7.37. The summed E-state index contributed by atoms with van der Waals surface area (Å²) >= 11 is 6.23. The van der Waals surface area contributed by atoms with Crippen LogP contribution in [0.15, 0.2) is 72.4 Å². The van der Waals surface area contributed by atoms with Crippen LogP contribution in [0.3, 0.4) is 0 Å². The maximum Gasteiger partial charge on any atom is 0.296 e. The second-order valence-corrected chi connectivity index (χ2v) is 7.78. The van der Waals surface area contributed by atoms with Gasteiger partial charge in [0.25, 0.3) is 11.7 Å². The van der Waals surface area contributed by atoms with Crippen molar-refractivity contribution in [3.63, 3.8) is 0 Å². The molecule has 168 valence electrons. The fourth-order valence-corrected chi connectivity index (χ4v) is 4.09. The van der Waals surface area contributed by atoms with Gasteiger partial charge in [-0.05, 0) is 48.0 Å². The van der Waals surface area contributed by atoms with Crippen molar-refractivity contribution < 1.29 is 24.2 Å². The lowest BCUT2D eigenvalue weighted by Crippen LogP contribution is -2.29. The first-order valence-electron chi connectivity index (χ1n) is 10.1. The lowest BCUT2D eigenvalue weighted by molar-refractivity contribution is -0.140. The van der Waals surface area contributed by atoms with E-state index in [1.54, 1.807) is 60.8 Å². The Labute approximate surface area is 195 Å². The molecule has 8 heteroatoms. The number of ketones is 1. The fraction of sp³-hybridized carbons (Fsp3) is 0.160. The summed E-state index contributed by atoms with van der Waals surface area (Å²) in [5.74, 6) is -0.858. The van der Waals surface area contributed by atoms with Crippen LogP contribution in [0.5, 0.6) is 11.5 Å². The third kappa shape index (κ3) is 4.27. The molecule has 0 spiro atoms. The summed E-state index contributed by atoms with van der Waals surface area (Å²) in [5, 5.41) is 11.4. The number of Topliss-reactive ketones (excluding diaryl/α,β-unsaturated/α-hetero) is 1. The molecule has 2 aromatic carbocycles. The molecule has 1 amide bonds. The molecule has 33 heavy (non-hydrogen) atoms. The molecule has 7 nitrogen and oxygen atoms in total. The Morgan fingerprint density at radius 3 is 2.55 bits per heavy atom. The predicted molar refractivity (Wildman–Crippen MR) is 123 cm³/mol. The molecule has 0 saturated carbocycles. The van der Waals surface area contributed by atoms with Crippen molar-refractivity contribution >= 4 is 29.1 Å². The van der Waals surface area contributed by atoms with Gasteiger partial charge in [0.15, 0.2) is 0 Å². The summed E-state index contributed by atoms with van der Waals surface area (Å²) in [5.41, 5.74) is 1.49. The number of likely N-dealkylation sites (tertiary alicyclic amines) is 1. The second kappa shape index (κ2) is 9.34. The normalized spacial score (nSPS) is 17.3. The van der Waals surface area contributed by atoms with Crippen molar-refractivity contribution in [1.82, 2.24) is 9.88 Å². The molecule has 3 aromatic rings. The highest BCUT2D eigenvalue weighted by Gasteiger charge is 2.46. The van der Waals surface area contributed by atoms with Crippen LogP contribution >= 0.6 is 11.6 Å². The van der Waals surface area contributed by atoms with Crippen molar-refractivity contribution in [2.45, 2.75) is 12.6 Å². The van der Waals surface area contributed by atoms with Crippen LogP contribution in [0, 0.1) is 0 Å². The quantitative estimate of drug-likeness (QED) is 0.331. The number of halogens is 1. The Morgan fingerprint density at radius 2 is 1.88 bits per heavy atom. The molecule has 2 heterocycles. The molecule has 1 aliphatic heterocycles. The smallest absolute Gasteiger partial charge is 0.296 e. The number of benzene rings is 2. The van der Waals surface area contributed by atoms with Gasteiger partial charge >= 0.3 is 0 Å². The molecular formula is C25H21ClN2O5. The number of hydrogen-bond donors (Lipinski definition) is 1. The largest absolute Gasteiger partial charge is 0.507 e. The van der Waals surface area contributed by atoms with Crippen LogP contribution in [0.4, 0.5) is 0 Å². The van der Waals surface area contributed by atoms with E-state index in [0.29, 0.717) is 28.3 Å². The third-order valence-electron chi connectivity index (χ3n) is 5.43. The molecular weight excluding hydrogens is 444 g/mol. The first kappa shape index (κ1) is 22.4. The number of nitrogens with zero attached hydrogens (tertiary/aromatic N) is 2. The van der Waals surface area contributed by atoms with Gasteiger partial charge in [0.05, 0.1) is 43.1 Å². The van der Waals surface area contributed by atoms with E-state index in [1.165, 1.54) is 25.2 Å². The Bertz CT molecular complexity index is 1240. The van der Waals surface area contributed by atoms with Gasteiger partial charge in [0.1, 0.15) is 17.3 Å². The Kier molecular flexibility index (Phi) is 6.33. The average molecular weight is 465 g/mol. The van der Waals surface area contributed by atoms with E-state index in [2.05, 4.69) is 4.98 Å². The van der Waals surface area contributed by atoms with Crippen molar-refractivity contribution in [3.8, 4) is 11.5 Å². The zero-order valence-electron chi connectivity index (χ0n) is 18.0. The molecule has 0 bridgehead atoms. The van der Waals surface area contributed by atoms with Crippen LogP contribution in [0.25, 0.3) is 5.76 Å². The number of methoxy groups -OCH3 is 2. The number of carbonyl (C=O) groups is 2.